The van der Waals surface area contributed by atoms with Gasteiger partial charge in [0, 0.05) is 30.4 Å². The number of carbonyl (C=O) groups excluding carboxylic acids is 1. The normalized spacial score (nSPS) is 10.5. The van der Waals surface area contributed by atoms with Crippen LogP contribution in [-0.2, 0) is 6.42 Å². The Hall–Kier alpha value is -2.53. The van der Waals surface area contributed by atoms with E-state index in [0.717, 1.165) is 22.0 Å². The number of aromatic nitrogens is 2. The molecule has 23 heavy (non-hydrogen) atoms. The fraction of sp³-hybridized carbons (Fsp3) is 0.167. The molecule has 0 aliphatic heterocycles. The molecule has 2 heterocycles. The predicted molar refractivity (Wildman–Crippen MR) is 92.6 cm³/mol. The average molecular weight is 323 g/mol. The molecule has 0 unspecified atom stereocenters. The molecule has 0 fully saturated rings. The summed E-state index contributed by atoms with van der Waals surface area (Å²) in [5.41, 5.74) is 2.69. The molecule has 0 saturated heterocycles. The van der Waals surface area contributed by atoms with Crippen molar-refractivity contribution in [2.24, 2.45) is 0 Å². The molecule has 5 heteroatoms. The van der Waals surface area contributed by atoms with Gasteiger partial charge in [-0.1, -0.05) is 36.4 Å². The summed E-state index contributed by atoms with van der Waals surface area (Å²) < 4.78 is 0. The van der Waals surface area contributed by atoms with Crippen molar-refractivity contribution in [1.82, 2.24) is 15.3 Å². The fourth-order valence-electron chi connectivity index (χ4n) is 2.30. The second kappa shape index (κ2) is 7.15. The number of amides is 1. The molecule has 3 rings (SSSR count). The zero-order valence-electron chi connectivity index (χ0n) is 12.8. The summed E-state index contributed by atoms with van der Waals surface area (Å²) in [6, 6.07) is 15.6. The molecule has 0 atom stereocenters. The second-order valence-corrected chi connectivity index (χ2v) is 6.31. The lowest BCUT2D eigenvalue weighted by atomic mass is 10.1. The molecule has 4 nitrogen and oxygen atoms in total. The molecule has 3 aromatic rings. The molecule has 116 valence electrons. The summed E-state index contributed by atoms with van der Waals surface area (Å²) in [5.74, 6) is -0.0783. The maximum absolute atomic E-state index is 12.5. The summed E-state index contributed by atoms with van der Waals surface area (Å²) >= 11 is 1.42. The quantitative estimate of drug-likeness (QED) is 0.782. The van der Waals surface area contributed by atoms with Gasteiger partial charge >= 0.3 is 0 Å². The van der Waals surface area contributed by atoms with Crippen LogP contribution in [0.2, 0.25) is 0 Å². The summed E-state index contributed by atoms with van der Waals surface area (Å²) in [6.45, 7) is 2.47. The number of pyridine rings is 1. The van der Waals surface area contributed by atoms with E-state index >= 15 is 0 Å². The number of nitrogens with one attached hydrogen (secondary N) is 1. The molecule has 0 saturated carbocycles. The van der Waals surface area contributed by atoms with Gasteiger partial charge in [0.05, 0.1) is 10.7 Å². The van der Waals surface area contributed by atoms with Crippen LogP contribution in [0.5, 0.6) is 0 Å². The van der Waals surface area contributed by atoms with E-state index in [9.17, 15) is 4.79 Å². The molecule has 1 amide bonds. The van der Waals surface area contributed by atoms with E-state index in [2.05, 4.69) is 15.3 Å². The third-order valence-corrected chi connectivity index (χ3v) is 4.35. The number of hydrogen-bond acceptors (Lipinski definition) is 4. The van der Waals surface area contributed by atoms with Crippen molar-refractivity contribution in [2.45, 2.75) is 13.3 Å². The first kappa shape index (κ1) is 15.4. The van der Waals surface area contributed by atoms with Crippen molar-refractivity contribution in [3.8, 4) is 11.3 Å². The lowest BCUT2D eigenvalue weighted by Gasteiger charge is -2.05. The number of carbonyl (C=O) groups is 1. The Morgan fingerprint density at radius 3 is 2.65 bits per heavy atom. The Kier molecular flexibility index (Phi) is 4.78. The Morgan fingerprint density at radius 2 is 1.91 bits per heavy atom. The van der Waals surface area contributed by atoms with Gasteiger partial charge in [-0.25, -0.2) is 4.98 Å². The Balaban J connectivity index is 1.70. The van der Waals surface area contributed by atoms with Crippen molar-refractivity contribution in [3.05, 3.63) is 70.3 Å². The van der Waals surface area contributed by atoms with Gasteiger partial charge in [-0.05, 0) is 19.1 Å². The maximum atomic E-state index is 12.5. The smallest absolute Gasteiger partial charge is 0.263 e. The van der Waals surface area contributed by atoms with E-state index in [-0.39, 0.29) is 5.91 Å². The van der Waals surface area contributed by atoms with E-state index in [4.69, 9.17) is 0 Å². The van der Waals surface area contributed by atoms with E-state index in [0.29, 0.717) is 17.8 Å². The molecule has 1 N–H and O–H groups in total. The van der Waals surface area contributed by atoms with Crippen LogP contribution < -0.4 is 5.32 Å². The largest absolute Gasteiger partial charge is 0.351 e. The summed E-state index contributed by atoms with van der Waals surface area (Å²) in [5, 5.41) is 3.85. The standard InChI is InChI=1S/C18H17N3OS/c1-13-21-16(14-7-3-2-4-8-14)17(23-13)18(22)20-12-10-15-9-5-6-11-19-15/h2-9,11H,10,12H2,1H3,(H,20,22). The van der Waals surface area contributed by atoms with Gasteiger partial charge in [-0.3, -0.25) is 9.78 Å². The van der Waals surface area contributed by atoms with Crippen LogP contribution in [-0.4, -0.2) is 22.4 Å². The molecule has 0 radical (unpaired) electrons. The van der Waals surface area contributed by atoms with Crippen molar-refractivity contribution in [2.75, 3.05) is 6.54 Å². The highest BCUT2D eigenvalue weighted by Crippen LogP contribution is 2.27. The van der Waals surface area contributed by atoms with Crippen molar-refractivity contribution < 1.29 is 4.79 Å². The van der Waals surface area contributed by atoms with E-state index in [1.807, 2.05) is 55.5 Å². The number of aryl methyl sites for hydroxylation is 1. The van der Waals surface area contributed by atoms with Crippen molar-refractivity contribution >= 4 is 17.2 Å². The number of nitrogens with zero attached hydrogens (tertiary/aromatic N) is 2. The first-order valence-electron chi connectivity index (χ1n) is 7.45. The minimum atomic E-state index is -0.0783. The lowest BCUT2D eigenvalue weighted by Crippen LogP contribution is -2.25. The summed E-state index contributed by atoms with van der Waals surface area (Å²) in [7, 11) is 0. The van der Waals surface area contributed by atoms with Crippen LogP contribution in [0.4, 0.5) is 0 Å². The third kappa shape index (κ3) is 3.81. The molecule has 0 aliphatic rings. The van der Waals surface area contributed by atoms with Gasteiger partial charge in [-0.15, -0.1) is 11.3 Å². The van der Waals surface area contributed by atoms with Crippen LogP contribution in [0.15, 0.2) is 54.7 Å². The molecule has 0 bridgehead atoms. The average Bonchev–Trinajstić information content (AvgIpc) is 2.98. The molecular formula is C18H17N3OS. The number of rotatable bonds is 5. The van der Waals surface area contributed by atoms with E-state index in [1.54, 1.807) is 6.20 Å². The van der Waals surface area contributed by atoms with Crippen LogP contribution in [0, 0.1) is 6.92 Å². The van der Waals surface area contributed by atoms with Crippen LogP contribution >= 0.6 is 11.3 Å². The minimum Gasteiger partial charge on any atom is -0.351 e. The van der Waals surface area contributed by atoms with Crippen molar-refractivity contribution in [1.29, 1.82) is 0 Å². The number of hydrogen-bond donors (Lipinski definition) is 1. The van der Waals surface area contributed by atoms with Crippen LogP contribution in [0.3, 0.4) is 0 Å². The zero-order chi connectivity index (χ0) is 16.1. The highest BCUT2D eigenvalue weighted by Gasteiger charge is 2.17. The molecular weight excluding hydrogens is 306 g/mol. The topological polar surface area (TPSA) is 54.9 Å². The monoisotopic (exact) mass is 323 g/mol. The van der Waals surface area contributed by atoms with Gasteiger partial charge in [0.25, 0.3) is 5.91 Å². The minimum absolute atomic E-state index is 0.0783. The third-order valence-electron chi connectivity index (χ3n) is 3.38. The van der Waals surface area contributed by atoms with E-state index in [1.165, 1.54) is 11.3 Å². The highest BCUT2D eigenvalue weighted by molar-refractivity contribution is 7.14. The number of thiazole rings is 1. The van der Waals surface area contributed by atoms with Gasteiger partial charge in [-0.2, -0.15) is 0 Å². The molecule has 2 aromatic heterocycles. The maximum Gasteiger partial charge on any atom is 0.263 e. The van der Waals surface area contributed by atoms with Gasteiger partial charge in [0.15, 0.2) is 0 Å². The first-order chi connectivity index (χ1) is 11.2. The zero-order valence-corrected chi connectivity index (χ0v) is 13.6. The summed E-state index contributed by atoms with van der Waals surface area (Å²) in [6.07, 6.45) is 2.47. The molecule has 0 spiro atoms. The Morgan fingerprint density at radius 1 is 1.13 bits per heavy atom. The SMILES string of the molecule is Cc1nc(-c2ccccc2)c(C(=O)NCCc2ccccn2)s1. The number of benzene rings is 1. The Labute approximate surface area is 139 Å². The molecule has 0 aliphatic carbocycles. The van der Waals surface area contributed by atoms with E-state index < -0.39 is 0 Å². The van der Waals surface area contributed by atoms with Crippen LogP contribution in [0.25, 0.3) is 11.3 Å². The van der Waals surface area contributed by atoms with Gasteiger partial charge in [0.1, 0.15) is 4.88 Å². The van der Waals surface area contributed by atoms with Crippen LogP contribution in [0.1, 0.15) is 20.4 Å². The molecule has 1 aromatic carbocycles. The lowest BCUT2D eigenvalue weighted by molar-refractivity contribution is 0.0958. The fourth-order valence-corrected chi connectivity index (χ4v) is 3.16. The van der Waals surface area contributed by atoms with Gasteiger partial charge in [0.2, 0.25) is 0 Å². The van der Waals surface area contributed by atoms with Crippen molar-refractivity contribution in [3.63, 3.8) is 0 Å². The summed E-state index contributed by atoms with van der Waals surface area (Å²) in [4.78, 5) is 21.9. The first-order valence-corrected chi connectivity index (χ1v) is 8.26. The van der Waals surface area contributed by atoms with Gasteiger partial charge < -0.3 is 5.32 Å². The predicted octanol–water partition coefficient (Wildman–Crippen LogP) is 3.49. The second-order valence-electron chi connectivity index (χ2n) is 5.10. The Bertz CT molecular complexity index is 785. The highest BCUT2D eigenvalue weighted by atomic mass is 32.1.